The molecule has 1 aliphatic rings. The van der Waals surface area contributed by atoms with Gasteiger partial charge in [0.15, 0.2) is 0 Å². The molecule has 0 amide bonds. The molecule has 92 valence electrons. The first-order chi connectivity index (χ1) is 7.35. The van der Waals surface area contributed by atoms with Gasteiger partial charge in [-0.25, -0.2) is 0 Å². The summed E-state index contributed by atoms with van der Waals surface area (Å²) in [6, 6.07) is 0. The van der Waals surface area contributed by atoms with E-state index >= 15 is 0 Å². The summed E-state index contributed by atoms with van der Waals surface area (Å²) in [5, 5.41) is 3.35. The topological polar surface area (TPSA) is 12.0 Å². The molecule has 0 radical (unpaired) electrons. The lowest BCUT2D eigenvalue weighted by molar-refractivity contribution is 0.365. The molecule has 1 saturated heterocycles. The zero-order chi connectivity index (χ0) is 11.4. The molecule has 0 bridgehead atoms. The quantitative estimate of drug-likeness (QED) is 0.669. The number of hydrogen-bond donors (Lipinski definition) is 1. The number of unbranched alkanes of at least 4 members (excludes halogenated alkanes) is 4. The summed E-state index contributed by atoms with van der Waals surface area (Å²) in [6.45, 7) is 9.28. The Morgan fingerprint density at radius 1 is 0.867 bits per heavy atom. The second-order valence-electron chi connectivity index (χ2n) is 4.66. The maximum Gasteiger partial charge on any atom is -0.00463 e. The lowest BCUT2D eigenvalue weighted by Crippen LogP contribution is -2.27. The molecular formula is C14H31N. The fourth-order valence-corrected chi connectivity index (χ4v) is 1.97. The van der Waals surface area contributed by atoms with Crippen LogP contribution in [0.25, 0.3) is 0 Å². The van der Waals surface area contributed by atoms with Crippen LogP contribution in [0.5, 0.6) is 0 Å². The SMILES string of the molecule is CCC1CCNCC1.CCCCCCC. The third-order valence-corrected chi connectivity index (χ3v) is 3.24. The van der Waals surface area contributed by atoms with Crippen molar-refractivity contribution in [2.75, 3.05) is 13.1 Å². The summed E-state index contributed by atoms with van der Waals surface area (Å²) < 4.78 is 0. The van der Waals surface area contributed by atoms with Gasteiger partial charge in [0, 0.05) is 0 Å². The van der Waals surface area contributed by atoms with E-state index in [0.29, 0.717) is 0 Å². The fraction of sp³-hybridized carbons (Fsp3) is 1.00. The van der Waals surface area contributed by atoms with Crippen molar-refractivity contribution >= 4 is 0 Å². The standard InChI is InChI=1S/C7H15N.C7H16/c1-2-7-3-5-8-6-4-7;1-3-5-7-6-4-2/h7-8H,2-6H2,1H3;3-7H2,1-2H3. The average Bonchev–Trinajstić information content (AvgIpc) is 2.32. The van der Waals surface area contributed by atoms with Crippen molar-refractivity contribution in [2.24, 2.45) is 5.92 Å². The van der Waals surface area contributed by atoms with E-state index in [9.17, 15) is 0 Å². The Hall–Kier alpha value is -0.0400. The molecule has 15 heavy (non-hydrogen) atoms. The smallest absolute Gasteiger partial charge is 0.00463 e. The molecule has 1 heterocycles. The van der Waals surface area contributed by atoms with Crippen LogP contribution in [-0.4, -0.2) is 13.1 Å². The van der Waals surface area contributed by atoms with Crippen molar-refractivity contribution in [3.05, 3.63) is 0 Å². The summed E-state index contributed by atoms with van der Waals surface area (Å²) >= 11 is 0. The van der Waals surface area contributed by atoms with E-state index in [1.54, 1.807) is 0 Å². The van der Waals surface area contributed by atoms with E-state index in [1.807, 2.05) is 0 Å². The van der Waals surface area contributed by atoms with E-state index < -0.39 is 0 Å². The highest BCUT2D eigenvalue weighted by Gasteiger charge is 2.08. The van der Waals surface area contributed by atoms with Crippen LogP contribution in [0.15, 0.2) is 0 Å². The third-order valence-electron chi connectivity index (χ3n) is 3.24. The monoisotopic (exact) mass is 213 g/mol. The van der Waals surface area contributed by atoms with Gasteiger partial charge >= 0.3 is 0 Å². The molecular weight excluding hydrogens is 182 g/mol. The summed E-state index contributed by atoms with van der Waals surface area (Å²) in [5.41, 5.74) is 0. The number of hydrogen-bond acceptors (Lipinski definition) is 1. The highest BCUT2D eigenvalue weighted by molar-refractivity contribution is 4.66. The second-order valence-corrected chi connectivity index (χ2v) is 4.66. The molecule has 1 aliphatic heterocycles. The van der Waals surface area contributed by atoms with E-state index in [2.05, 4.69) is 26.1 Å². The van der Waals surface area contributed by atoms with Crippen LogP contribution in [0.4, 0.5) is 0 Å². The van der Waals surface area contributed by atoms with Crippen molar-refractivity contribution < 1.29 is 0 Å². The Kier molecular flexibility index (Phi) is 12.0. The largest absolute Gasteiger partial charge is 0.317 e. The van der Waals surface area contributed by atoms with Gasteiger partial charge in [-0.3, -0.25) is 0 Å². The molecule has 0 aliphatic carbocycles. The minimum Gasteiger partial charge on any atom is -0.317 e. The minimum absolute atomic E-state index is 1.02. The van der Waals surface area contributed by atoms with Gasteiger partial charge in [-0.2, -0.15) is 0 Å². The summed E-state index contributed by atoms with van der Waals surface area (Å²) in [6.07, 6.45) is 11.2. The number of rotatable bonds is 5. The van der Waals surface area contributed by atoms with Crippen LogP contribution in [0.2, 0.25) is 0 Å². The number of piperidine rings is 1. The van der Waals surface area contributed by atoms with E-state index in [-0.39, 0.29) is 0 Å². The van der Waals surface area contributed by atoms with Crippen molar-refractivity contribution in [1.29, 1.82) is 0 Å². The molecule has 0 aromatic rings. The Balaban J connectivity index is 0.000000265. The van der Waals surface area contributed by atoms with Crippen LogP contribution in [0.1, 0.15) is 72.1 Å². The molecule has 0 aromatic heterocycles. The highest BCUT2D eigenvalue weighted by Crippen LogP contribution is 2.13. The van der Waals surface area contributed by atoms with Gasteiger partial charge in [0.2, 0.25) is 0 Å². The molecule has 1 heteroatoms. The summed E-state index contributed by atoms with van der Waals surface area (Å²) in [4.78, 5) is 0. The molecule has 0 atom stereocenters. The Morgan fingerprint density at radius 2 is 1.40 bits per heavy atom. The first-order valence-electron chi connectivity index (χ1n) is 7.05. The predicted molar refractivity (Wildman–Crippen MR) is 70.3 cm³/mol. The third kappa shape index (κ3) is 10.2. The zero-order valence-electron chi connectivity index (χ0n) is 11.1. The van der Waals surface area contributed by atoms with Gasteiger partial charge < -0.3 is 5.32 Å². The maximum absolute atomic E-state index is 3.35. The first-order valence-corrected chi connectivity index (χ1v) is 7.05. The minimum atomic E-state index is 1.02. The molecule has 1 rings (SSSR count). The van der Waals surface area contributed by atoms with Gasteiger partial charge in [-0.05, 0) is 31.8 Å². The van der Waals surface area contributed by atoms with Crippen LogP contribution in [0.3, 0.4) is 0 Å². The van der Waals surface area contributed by atoms with Crippen LogP contribution >= 0.6 is 0 Å². The molecule has 1 nitrogen and oxygen atoms in total. The van der Waals surface area contributed by atoms with Crippen molar-refractivity contribution in [3.8, 4) is 0 Å². The maximum atomic E-state index is 3.35. The summed E-state index contributed by atoms with van der Waals surface area (Å²) in [7, 11) is 0. The fourth-order valence-electron chi connectivity index (χ4n) is 1.97. The van der Waals surface area contributed by atoms with Gasteiger partial charge in [0.25, 0.3) is 0 Å². The number of nitrogens with one attached hydrogen (secondary N) is 1. The molecule has 0 saturated carbocycles. The van der Waals surface area contributed by atoms with Gasteiger partial charge in [0.05, 0.1) is 0 Å². The van der Waals surface area contributed by atoms with Crippen LogP contribution in [-0.2, 0) is 0 Å². The van der Waals surface area contributed by atoms with Gasteiger partial charge in [-0.15, -0.1) is 0 Å². The molecule has 1 fully saturated rings. The van der Waals surface area contributed by atoms with Crippen LogP contribution < -0.4 is 5.32 Å². The van der Waals surface area contributed by atoms with E-state index in [1.165, 1.54) is 64.5 Å². The zero-order valence-corrected chi connectivity index (χ0v) is 11.1. The lowest BCUT2D eigenvalue weighted by atomic mass is 9.96. The average molecular weight is 213 g/mol. The Labute approximate surface area is 97.0 Å². The van der Waals surface area contributed by atoms with E-state index in [0.717, 1.165) is 5.92 Å². The second kappa shape index (κ2) is 12.0. The van der Waals surface area contributed by atoms with E-state index in [4.69, 9.17) is 0 Å². The predicted octanol–water partition coefficient (Wildman–Crippen LogP) is 4.37. The highest BCUT2D eigenvalue weighted by atomic mass is 14.9. The van der Waals surface area contributed by atoms with Crippen LogP contribution in [0, 0.1) is 5.92 Å². The molecule has 0 unspecified atom stereocenters. The molecule has 0 spiro atoms. The normalized spacial score (nSPS) is 17.0. The molecule has 1 N–H and O–H groups in total. The van der Waals surface area contributed by atoms with Gasteiger partial charge in [0.1, 0.15) is 0 Å². The molecule has 0 aromatic carbocycles. The van der Waals surface area contributed by atoms with Crippen molar-refractivity contribution in [3.63, 3.8) is 0 Å². The van der Waals surface area contributed by atoms with Gasteiger partial charge in [-0.1, -0.05) is 59.3 Å². The lowest BCUT2D eigenvalue weighted by Gasteiger charge is -2.20. The Bertz CT molecular complexity index is 102. The summed E-state index contributed by atoms with van der Waals surface area (Å²) in [5.74, 6) is 1.02. The Morgan fingerprint density at radius 3 is 1.73 bits per heavy atom. The van der Waals surface area contributed by atoms with Crippen molar-refractivity contribution in [2.45, 2.75) is 72.1 Å². The first kappa shape index (κ1) is 15.0. The van der Waals surface area contributed by atoms with Crippen molar-refractivity contribution in [1.82, 2.24) is 5.32 Å².